The smallest absolute Gasteiger partial charge is 0.411 e. The van der Waals surface area contributed by atoms with Crippen molar-refractivity contribution in [1.29, 1.82) is 0 Å². The Morgan fingerprint density at radius 2 is 1.97 bits per heavy atom. The van der Waals surface area contributed by atoms with E-state index in [0.717, 1.165) is 18.4 Å². The molecule has 30 heavy (non-hydrogen) atoms. The van der Waals surface area contributed by atoms with Gasteiger partial charge < -0.3 is 25.0 Å². The summed E-state index contributed by atoms with van der Waals surface area (Å²) in [6.07, 6.45) is -3.04. The van der Waals surface area contributed by atoms with Crippen LogP contribution in [-0.2, 0) is 22.6 Å². The van der Waals surface area contributed by atoms with Crippen LogP contribution in [0.3, 0.4) is 0 Å². The third-order valence-electron chi connectivity index (χ3n) is 4.57. The van der Waals surface area contributed by atoms with Crippen LogP contribution in [0.15, 0.2) is 29.3 Å². The minimum Gasteiger partial charge on any atom is -0.450 e. The van der Waals surface area contributed by atoms with Crippen molar-refractivity contribution in [2.24, 2.45) is 4.99 Å². The Morgan fingerprint density at radius 3 is 2.60 bits per heavy atom. The second-order valence-electron chi connectivity index (χ2n) is 6.96. The number of alkyl halides is 3. The van der Waals surface area contributed by atoms with E-state index in [1.54, 1.807) is 37.1 Å². The Labute approximate surface area is 174 Å². The number of benzene rings is 1. The molecule has 1 fully saturated rings. The van der Waals surface area contributed by atoms with Crippen LogP contribution in [0.4, 0.5) is 18.0 Å². The number of carbonyl (C=O) groups excluding carboxylic acids is 1. The van der Waals surface area contributed by atoms with Gasteiger partial charge in [0.15, 0.2) is 5.96 Å². The molecule has 10 heteroatoms. The molecule has 168 valence electrons. The van der Waals surface area contributed by atoms with Gasteiger partial charge in [-0.1, -0.05) is 24.3 Å². The van der Waals surface area contributed by atoms with Gasteiger partial charge in [0.2, 0.25) is 0 Å². The van der Waals surface area contributed by atoms with E-state index in [-0.39, 0.29) is 18.7 Å². The number of carbonyl (C=O) groups is 1. The van der Waals surface area contributed by atoms with Crippen molar-refractivity contribution in [3.63, 3.8) is 0 Å². The molecule has 1 amide bonds. The van der Waals surface area contributed by atoms with Crippen LogP contribution in [0.1, 0.15) is 30.9 Å². The second kappa shape index (κ2) is 11.6. The van der Waals surface area contributed by atoms with E-state index in [4.69, 9.17) is 9.47 Å². The number of piperidine rings is 1. The maximum atomic E-state index is 12.2. The fourth-order valence-corrected chi connectivity index (χ4v) is 3.11. The monoisotopic (exact) mass is 430 g/mol. The Bertz CT molecular complexity index is 705. The van der Waals surface area contributed by atoms with Gasteiger partial charge in [-0.3, -0.25) is 4.99 Å². The van der Waals surface area contributed by atoms with Gasteiger partial charge in [0.05, 0.1) is 13.2 Å². The first kappa shape index (κ1) is 23.8. The van der Waals surface area contributed by atoms with E-state index in [2.05, 4.69) is 15.6 Å². The summed E-state index contributed by atoms with van der Waals surface area (Å²) < 4.78 is 46.3. The molecule has 1 aromatic carbocycles. The van der Waals surface area contributed by atoms with Crippen LogP contribution in [0.5, 0.6) is 0 Å². The number of nitrogens with zero attached hydrogens (tertiary/aromatic N) is 2. The number of aliphatic imine (C=N–C) groups is 1. The molecule has 0 bridgehead atoms. The molecule has 1 aliphatic heterocycles. The highest BCUT2D eigenvalue weighted by Crippen LogP contribution is 2.16. The molecule has 0 spiro atoms. The van der Waals surface area contributed by atoms with Crippen molar-refractivity contribution >= 4 is 12.1 Å². The molecule has 1 aliphatic rings. The van der Waals surface area contributed by atoms with Crippen molar-refractivity contribution in [2.45, 2.75) is 45.1 Å². The minimum atomic E-state index is -4.33. The highest BCUT2D eigenvalue weighted by molar-refractivity contribution is 5.80. The summed E-state index contributed by atoms with van der Waals surface area (Å²) in [5.74, 6) is 0.628. The van der Waals surface area contributed by atoms with Crippen molar-refractivity contribution in [2.75, 3.05) is 33.4 Å². The largest absolute Gasteiger partial charge is 0.450 e. The molecule has 2 rings (SSSR count). The van der Waals surface area contributed by atoms with E-state index >= 15 is 0 Å². The van der Waals surface area contributed by atoms with Gasteiger partial charge in [-0.15, -0.1) is 0 Å². The molecular formula is C20H29F3N4O3. The first-order chi connectivity index (χ1) is 14.3. The quantitative estimate of drug-likeness (QED) is 0.514. The Hall–Kier alpha value is -2.49. The summed E-state index contributed by atoms with van der Waals surface area (Å²) in [7, 11) is 1.67. The Balaban J connectivity index is 1.77. The molecule has 0 radical (unpaired) electrons. The lowest BCUT2D eigenvalue weighted by atomic mass is 10.1. The number of guanidine groups is 1. The van der Waals surface area contributed by atoms with Gasteiger partial charge in [-0.25, -0.2) is 4.79 Å². The van der Waals surface area contributed by atoms with Crippen molar-refractivity contribution in [1.82, 2.24) is 15.5 Å². The zero-order valence-corrected chi connectivity index (χ0v) is 17.3. The number of hydrogen-bond acceptors (Lipinski definition) is 4. The maximum absolute atomic E-state index is 12.2. The van der Waals surface area contributed by atoms with Crippen LogP contribution >= 0.6 is 0 Å². The van der Waals surface area contributed by atoms with Crippen LogP contribution in [0.2, 0.25) is 0 Å². The van der Waals surface area contributed by atoms with Gasteiger partial charge in [-0.05, 0) is 30.9 Å². The molecule has 0 saturated carbocycles. The SMILES string of the molecule is CCOC(=O)N1CCC(NC(=NC)NCc2cccc(COCC(F)(F)F)c2)CC1. The molecule has 1 heterocycles. The van der Waals surface area contributed by atoms with Gasteiger partial charge in [0.25, 0.3) is 0 Å². The van der Waals surface area contributed by atoms with E-state index in [1.807, 2.05) is 6.07 Å². The zero-order chi connectivity index (χ0) is 22.0. The predicted molar refractivity (Wildman–Crippen MR) is 107 cm³/mol. The topological polar surface area (TPSA) is 75.2 Å². The fourth-order valence-electron chi connectivity index (χ4n) is 3.11. The molecule has 0 aromatic heterocycles. The van der Waals surface area contributed by atoms with Gasteiger partial charge >= 0.3 is 12.3 Å². The lowest BCUT2D eigenvalue weighted by molar-refractivity contribution is -0.176. The molecule has 0 aliphatic carbocycles. The summed E-state index contributed by atoms with van der Waals surface area (Å²) >= 11 is 0. The number of ether oxygens (including phenoxy) is 2. The number of nitrogens with one attached hydrogen (secondary N) is 2. The third-order valence-corrected chi connectivity index (χ3v) is 4.57. The molecule has 1 aromatic rings. The average molecular weight is 430 g/mol. The van der Waals surface area contributed by atoms with Crippen LogP contribution < -0.4 is 10.6 Å². The zero-order valence-electron chi connectivity index (χ0n) is 17.3. The third kappa shape index (κ3) is 8.48. The van der Waals surface area contributed by atoms with E-state index in [1.165, 1.54) is 0 Å². The van der Waals surface area contributed by atoms with Crippen LogP contribution in [0, 0.1) is 0 Å². The molecular weight excluding hydrogens is 401 g/mol. The number of amides is 1. The maximum Gasteiger partial charge on any atom is 0.411 e. The average Bonchev–Trinajstić information content (AvgIpc) is 2.71. The molecule has 0 unspecified atom stereocenters. The summed E-state index contributed by atoms with van der Waals surface area (Å²) in [4.78, 5) is 17.7. The number of likely N-dealkylation sites (tertiary alicyclic amines) is 1. The Kier molecular flexibility index (Phi) is 9.22. The fraction of sp³-hybridized carbons (Fsp3) is 0.600. The number of halogens is 3. The lowest BCUT2D eigenvalue weighted by Gasteiger charge is -2.32. The lowest BCUT2D eigenvalue weighted by Crippen LogP contribution is -2.49. The van der Waals surface area contributed by atoms with E-state index in [0.29, 0.717) is 37.8 Å². The number of rotatable bonds is 7. The van der Waals surface area contributed by atoms with Gasteiger partial charge in [0.1, 0.15) is 6.61 Å². The summed E-state index contributed by atoms with van der Waals surface area (Å²) in [6.45, 7) is 2.49. The normalized spacial score (nSPS) is 15.8. The van der Waals surface area contributed by atoms with E-state index < -0.39 is 12.8 Å². The standard InChI is InChI=1S/C20H29F3N4O3/c1-3-30-19(28)27-9-7-17(8-10-27)26-18(24-2)25-12-15-5-4-6-16(11-15)13-29-14-20(21,22)23/h4-6,11,17H,3,7-10,12-14H2,1-2H3,(H2,24,25,26). The van der Waals surface area contributed by atoms with Crippen molar-refractivity contribution in [3.8, 4) is 0 Å². The first-order valence-electron chi connectivity index (χ1n) is 9.92. The molecule has 2 N–H and O–H groups in total. The van der Waals surface area contributed by atoms with Crippen molar-refractivity contribution in [3.05, 3.63) is 35.4 Å². The minimum absolute atomic E-state index is 0.0979. The Morgan fingerprint density at radius 1 is 1.27 bits per heavy atom. The number of hydrogen-bond donors (Lipinski definition) is 2. The molecule has 1 saturated heterocycles. The highest BCUT2D eigenvalue weighted by Gasteiger charge is 2.27. The summed E-state index contributed by atoms with van der Waals surface area (Å²) in [5, 5.41) is 6.55. The first-order valence-corrected chi connectivity index (χ1v) is 9.92. The highest BCUT2D eigenvalue weighted by atomic mass is 19.4. The second-order valence-corrected chi connectivity index (χ2v) is 6.96. The van der Waals surface area contributed by atoms with Crippen LogP contribution in [0.25, 0.3) is 0 Å². The predicted octanol–water partition coefficient (Wildman–Crippen LogP) is 3.05. The van der Waals surface area contributed by atoms with Gasteiger partial charge in [0, 0.05) is 32.7 Å². The van der Waals surface area contributed by atoms with Crippen molar-refractivity contribution < 1.29 is 27.4 Å². The van der Waals surface area contributed by atoms with Crippen LogP contribution in [-0.4, -0.2) is 62.5 Å². The molecule has 0 atom stereocenters. The molecule has 7 nitrogen and oxygen atoms in total. The van der Waals surface area contributed by atoms with Gasteiger partial charge in [-0.2, -0.15) is 13.2 Å². The van der Waals surface area contributed by atoms with E-state index in [9.17, 15) is 18.0 Å². The summed E-state index contributed by atoms with van der Waals surface area (Å²) in [6, 6.07) is 7.37. The summed E-state index contributed by atoms with van der Waals surface area (Å²) in [5.41, 5.74) is 1.58.